The van der Waals surface area contributed by atoms with E-state index in [9.17, 15) is 9.18 Å². The van der Waals surface area contributed by atoms with E-state index in [0.717, 1.165) is 6.42 Å². The van der Waals surface area contributed by atoms with Gasteiger partial charge in [0, 0.05) is 19.2 Å². The zero-order valence-corrected chi connectivity index (χ0v) is 10.4. The van der Waals surface area contributed by atoms with Crippen LogP contribution >= 0.6 is 0 Å². The van der Waals surface area contributed by atoms with Gasteiger partial charge in [-0.15, -0.1) is 0 Å². The third-order valence-corrected chi connectivity index (χ3v) is 2.65. The standard InChI is InChI=1S/C13H19FN2O2/c1-2-12(6-7-17)16-13(18)15-9-10-4-3-5-11(14)8-10/h3-5,8,12,17H,2,6-7,9H2,1H3,(H2,15,16,18). The number of carbonyl (C=O) groups is 1. The van der Waals surface area contributed by atoms with E-state index < -0.39 is 0 Å². The summed E-state index contributed by atoms with van der Waals surface area (Å²) in [4.78, 5) is 11.5. The first-order valence-electron chi connectivity index (χ1n) is 6.05. The van der Waals surface area contributed by atoms with E-state index in [0.29, 0.717) is 12.0 Å². The first-order valence-corrected chi connectivity index (χ1v) is 6.05. The number of nitrogens with one attached hydrogen (secondary N) is 2. The predicted octanol–water partition coefficient (Wildman–Crippen LogP) is 1.79. The highest BCUT2D eigenvalue weighted by molar-refractivity contribution is 5.74. The summed E-state index contributed by atoms with van der Waals surface area (Å²) in [6, 6.07) is 5.74. The van der Waals surface area contributed by atoms with Gasteiger partial charge in [0.1, 0.15) is 5.82 Å². The van der Waals surface area contributed by atoms with E-state index >= 15 is 0 Å². The first-order chi connectivity index (χ1) is 8.65. The molecule has 0 aliphatic carbocycles. The Morgan fingerprint density at radius 3 is 2.89 bits per heavy atom. The fourth-order valence-electron chi connectivity index (χ4n) is 1.60. The molecule has 0 spiro atoms. The number of urea groups is 1. The molecule has 1 atom stereocenters. The van der Waals surface area contributed by atoms with Crippen LogP contribution in [-0.2, 0) is 6.54 Å². The Morgan fingerprint density at radius 1 is 1.50 bits per heavy atom. The Labute approximate surface area is 106 Å². The van der Waals surface area contributed by atoms with Gasteiger partial charge < -0.3 is 15.7 Å². The number of halogens is 1. The normalized spacial score (nSPS) is 11.9. The minimum Gasteiger partial charge on any atom is -0.396 e. The van der Waals surface area contributed by atoms with Gasteiger partial charge in [-0.3, -0.25) is 0 Å². The number of rotatable bonds is 6. The fraction of sp³-hybridized carbons (Fsp3) is 0.462. The molecule has 0 bridgehead atoms. The van der Waals surface area contributed by atoms with Crippen LogP contribution in [0.4, 0.5) is 9.18 Å². The van der Waals surface area contributed by atoms with Crippen molar-refractivity contribution in [3.63, 3.8) is 0 Å². The molecular weight excluding hydrogens is 235 g/mol. The summed E-state index contributed by atoms with van der Waals surface area (Å²) in [5, 5.41) is 14.2. The first kappa shape index (κ1) is 14.4. The molecule has 0 aromatic heterocycles. The molecule has 3 N–H and O–H groups in total. The van der Waals surface area contributed by atoms with Gasteiger partial charge in [0.05, 0.1) is 0 Å². The van der Waals surface area contributed by atoms with Gasteiger partial charge in [-0.1, -0.05) is 19.1 Å². The topological polar surface area (TPSA) is 61.4 Å². The Kier molecular flexibility index (Phi) is 6.14. The molecule has 0 heterocycles. The zero-order chi connectivity index (χ0) is 13.4. The van der Waals surface area contributed by atoms with E-state index in [-0.39, 0.29) is 31.0 Å². The summed E-state index contributed by atoms with van der Waals surface area (Å²) in [6.07, 6.45) is 1.29. The van der Waals surface area contributed by atoms with E-state index in [4.69, 9.17) is 5.11 Å². The van der Waals surface area contributed by atoms with Crippen molar-refractivity contribution in [1.29, 1.82) is 0 Å². The summed E-state index contributed by atoms with van der Waals surface area (Å²) in [6.45, 7) is 2.26. The van der Waals surface area contributed by atoms with Gasteiger partial charge in [0.15, 0.2) is 0 Å². The molecule has 100 valence electrons. The van der Waals surface area contributed by atoms with E-state index in [1.165, 1.54) is 12.1 Å². The number of benzene rings is 1. The van der Waals surface area contributed by atoms with Crippen molar-refractivity contribution in [2.75, 3.05) is 6.61 Å². The molecule has 0 fully saturated rings. The third-order valence-electron chi connectivity index (χ3n) is 2.65. The third kappa shape index (κ3) is 5.14. The number of hydrogen-bond donors (Lipinski definition) is 3. The average molecular weight is 254 g/mol. The maximum absolute atomic E-state index is 12.9. The number of aliphatic hydroxyl groups excluding tert-OH is 1. The average Bonchev–Trinajstić information content (AvgIpc) is 2.36. The molecule has 1 unspecified atom stereocenters. The number of aliphatic hydroxyl groups is 1. The van der Waals surface area contributed by atoms with Crippen molar-refractivity contribution in [2.45, 2.75) is 32.4 Å². The summed E-state index contributed by atoms with van der Waals surface area (Å²) in [5.41, 5.74) is 0.709. The van der Waals surface area contributed by atoms with Crippen molar-refractivity contribution in [3.05, 3.63) is 35.6 Å². The van der Waals surface area contributed by atoms with Crippen LogP contribution in [0, 0.1) is 5.82 Å². The van der Waals surface area contributed by atoms with Crippen molar-refractivity contribution in [2.24, 2.45) is 0 Å². The molecule has 1 rings (SSSR count). The monoisotopic (exact) mass is 254 g/mol. The molecular formula is C13H19FN2O2. The van der Waals surface area contributed by atoms with Crippen LogP contribution in [0.15, 0.2) is 24.3 Å². The minimum atomic E-state index is -0.318. The zero-order valence-electron chi connectivity index (χ0n) is 10.4. The van der Waals surface area contributed by atoms with Crippen LogP contribution in [0.3, 0.4) is 0 Å². The van der Waals surface area contributed by atoms with E-state index in [2.05, 4.69) is 10.6 Å². The van der Waals surface area contributed by atoms with Gasteiger partial charge in [-0.2, -0.15) is 0 Å². The highest BCUT2D eigenvalue weighted by atomic mass is 19.1. The SMILES string of the molecule is CCC(CCO)NC(=O)NCc1cccc(F)c1. The second-order valence-corrected chi connectivity index (χ2v) is 4.07. The lowest BCUT2D eigenvalue weighted by Gasteiger charge is -2.16. The molecule has 4 nitrogen and oxygen atoms in total. The van der Waals surface area contributed by atoms with Crippen LogP contribution in [0.2, 0.25) is 0 Å². The van der Waals surface area contributed by atoms with Crippen LogP contribution in [0.25, 0.3) is 0 Å². The summed E-state index contributed by atoms with van der Waals surface area (Å²) >= 11 is 0. The quantitative estimate of drug-likeness (QED) is 0.724. The number of carbonyl (C=O) groups excluding carboxylic acids is 1. The van der Waals surface area contributed by atoms with Crippen LogP contribution in [-0.4, -0.2) is 23.8 Å². The smallest absolute Gasteiger partial charge is 0.315 e. The second-order valence-electron chi connectivity index (χ2n) is 4.07. The van der Waals surface area contributed by atoms with Gasteiger partial charge in [-0.05, 0) is 30.5 Å². The molecule has 0 aliphatic rings. The molecule has 0 saturated heterocycles. The number of amides is 2. The predicted molar refractivity (Wildman–Crippen MR) is 67.6 cm³/mol. The lowest BCUT2D eigenvalue weighted by atomic mass is 10.1. The fourth-order valence-corrected chi connectivity index (χ4v) is 1.60. The molecule has 1 aromatic carbocycles. The highest BCUT2D eigenvalue weighted by Crippen LogP contribution is 2.03. The molecule has 5 heteroatoms. The van der Waals surface area contributed by atoms with Crippen molar-refractivity contribution < 1.29 is 14.3 Å². The van der Waals surface area contributed by atoms with Gasteiger partial charge in [0.2, 0.25) is 0 Å². The van der Waals surface area contributed by atoms with Gasteiger partial charge in [-0.25, -0.2) is 9.18 Å². The second kappa shape index (κ2) is 7.66. The Balaban J connectivity index is 2.36. The summed E-state index contributed by atoms with van der Waals surface area (Å²) in [7, 11) is 0. The van der Waals surface area contributed by atoms with Gasteiger partial charge in [0.25, 0.3) is 0 Å². The Morgan fingerprint density at radius 2 is 2.28 bits per heavy atom. The van der Waals surface area contributed by atoms with E-state index in [1.807, 2.05) is 6.92 Å². The molecule has 2 amide bonds. The lowest BCUT2D eigenvalue weighted by Crippen LogP contribution is -2.41. The van der Waals surface area contributed by atoms with Crippen molar-refractivity contribution in [3.8, 4) is 0 Å². The Hall–Kier alpha value is -1.62. The Bertz CT molecular complexity index is 385. The molecule has 0 saturated carbocycles. The van der Waals surface area contributed by atoms with Crippen LogP contribution < -0.4 is 10.6 Å². The van der Waals surface area contributed by atoms with Crippen molar-refractivity contribution in [1.82, 2.24) is 10.6 Å². The van der Waals surface area contributed by atoms with E-state index in [1.54, 1.807) is 12.1 Å². The molecule has 1 aromatic rings. The maximum atomic E-state index is 12.9. The van der Waals surface area contributed by atoms with Gasteiger partial charge >= 0.3 is 6.03 Å². The lowest BCUT2D eigenvalue weighted by molar-refractivity contribution is 0.227. The van der Waals surface area contributed by atoms with Crippen molar-refractivity contribution >= 4 is 6.03 Å². The largest absolute Gasteiger partial charge is 0.396 e. The molecule has 18 heavy (non-hydrogen) atoms. The molecule has 0 aliphatic heterocycles. The van der Waals surface area contributed by atoms with Crippen LogP contribution in [0.5, 0.6) is 0 Å². The summed E-state index contributed by atoms with van der Waals surface area (Å²) in [5.74, 6) is -0.318. The van der Waals surface area contributed by atoms with Crippen LogP contribution in [0.1, 0.15) is 25.3 Å². The molecule has 0 radical (unpaired) electrons. The minimum absolute atomic E-state index is 0.0393. The highest BCUT2D eigenvalue weighted by Gasteiger charge is 2.09. The number of hydrogen-bond acceptors (Lipinski definition) is 2. The summed E-state index contributed by atoms with van der Waals surface area (Å²) < 4.78 is 12.9. The maximum Gasteiger partial charge on any atom is 0.315 e.